The highest BCUT2D eigenvalue weighted by Gasteiger charge is 2.27. The van der Waals surface area contributed by atoms with E-state index in [1.165, 1.54) is 10.6 Å². The minimum absolute atomic E-state index is 0.0834. The molecule has 2 heterocycles. The lowest BCUT2D eigenvalue weighted by Gasteiger charge is -2.30. The number of fused-ring (bicyclic) bond motifs is 1. The number of benzene rings is 1. The van der Waals surface area contributed by atoms with E-state index in [1.807, 2.05) is 18.2 Å². The monoisotopic (exact) mass is 297 g/mol. The molecule has 0 unspecified atom stereocenters. The highest BCUT2D eigenvalue weighted by molar-refractivity contribution is 7.88. The predicted octanol–water partition coefficient (Wildman–Crippen LogP) is 0.919. The Morgan fingerprint density at radius 1 is 1.30 bits per heavy atom. The molecule has 1 saturated heterocycles. The Kier molecular flexibility index (Phi) is 3.57. The molecule has 0 spiro atoms. The molecular formula is C13H19N3O3S. The number of piperidine rings is 1. The predicted molar refractivity (Wildman–Crippen MR) is 77.0 cm³/mol. The molecule has 110 valence electrons. The highest BCUT2D eigenvalue weighted by atomic mass is 32.2. The van der Waals surface area contributed by atoms with E-state index in [1.54, 1.807) is 0 Å². The molecule has 0 amide bonds. The second-order valence-electron chi connectivity index (χ2n) is 5.24. The van der Waals surface area contributed by atoms with Crippen molar-refractivity contribution in [3.63, 3.8) is 0 Å². The van der Waals surface area contributed by atoms with Gasteiger partial charge < -0.3 is 10.2 Å². The third kappa shape index (κ3) is 2.74. The topological polar surface area (TPSA) is 70.7 Å². The molecule has 0 bridgehead atoms. The first-order chi connectivity index (χ1) is 9.54. The SMILES string of the molecule is CS(=O)(=O)N1CCC(Oc2cccc3c2CNN3)CC1. The van der Waals surface area contributed by atoms with E-state index in [9.17, 15) is 8.42 Å². The summed E-state index contributed by atoms with van der Waals surface area (Å²) in [7, 11) is -3.07. The van der Waals surface area contributed by atoms with Gasteiger partial charge in [0.2, 0.25) is 10.0 Å². The number of sulfonamides is 1. The lowest BCUT2D eigenvalue weighted by atomic mass is 10.1. The van der Waals surface area contributed by atoms with Crippen molar-refractivity contribution in [3.05, 3.63) is 23.8 Å². The van der Waals surface area contributed by atoms with Crippen LogP contribution in [0, 0.1) is 0 Å². The van der Waals surface area contributed by atoms with Crippen LogP contribution in [0.1, 0.15) is 18.4 Å². The number of nitrogens with zero attached hydrogens (tertiary/aromatic N) is 1. The molecule has 0 aliphatic carbocycles. The van der Waals surface area contributed by atoms with Gasteiger partial charge in [-0.15, -0.1) is 0 Å². The van der Waals surface area contributed by atoms with E-state index >= 15 is 0 Å². The van der Waals surface area contributed by atoms with Gasteiger partial charge in [-0.1, -0.05) is 6.07 Å². The summed E-state index contributed by atoms with van der Waals surface area (Å²) in [6.45, 7) is 1.82. The Balaban J connectivity index is 1.65. The summed E-state index contributed by atoms with van der Waals surface area (Å²) in [6, 6.07) is 5.94. The number of hydrogen-bond acceptors (Lipinski definition) is 5. The fourth-order valence-corrected chi connectivity index (χ4v) is 3.54. The molecule has 7 heteroatoms. The van der Waals surface area contributed by atoms with Gasteiger partial charge in [-0.25, -0.2) is 18.1 Å². The van der Waals surface area contributed by atoms with Crippen LogP contribution in [0.3, 0.4) is 0 Å². The Hall–Kier alpha value is -1.31. The molecule has 2 aliphatic rings. The molecule has 0 radical (unpaired) electrons. The minimum Gasteiger partial charge on any atom is -0.490 e. The van der Waals surface area contributed by atoms with Crippen LogP contribution >= 0.6 is 0 Å². The van der Waals surface area contributed by atoms with E-state index in [2.05, 4.69) is 10.9 Å². The third-order valence-electron chi connectivity index (χ3n) is 3.78. The summed E-state index contributed by atoms with van der Waals surface area (Å²) < 4.78 is 30.5. The van der Waals surface area contributed by atoms with Crippen molar-refractivity contribution < 1.29 is 13.2 Å². The minimum atomic E-state index is -3.07. The van der Waals surface area contributed by atoms with Crippen LogP contribution < -0.4 is 15.6 Å². The van der Waals surface area contributed by atoms with Crippen LogP contribution in [0.25, 0.3) is 0 Å². The second-order valence-corrected chi connectivity index (χ2v) is 7.22. The zero-order chi connectivity index (χ0) is 14.2. The van der Waals surface area contributed by atoms with Gasteiger partial charge in [0, 0.05) is 25.2 Å². The maximum Gasteiger partial charge on any atom is 0.211 e. The molecule has 0 atom stereocenters. The average molecular weight is 297 g/mol. The largest absolute Gasteiger partial charge is 0.490 e. The zero-order valence-corrected chi connectivity index (χ0v) is 12.2. The fourth-order valence-electron chi connectivity index (χ4n) is 2.66. The lowest BCUT2D eigenvalue weighted by molar-refractivity contribution is 0.134. The summed E-state index contributed by atoms with van der Waals surface area (Å²) in [6.07, 6.45) is 2.81. The smallest absolute Gasteiger partial charge is 0.211 e. The number of hydrogen-bond donors (Lipinski definition) is 2. The Morgan fingerprint density at radius 3 is 2.75 bits per heavy atom. The fraction of sp³-hybridized carbons (Fsp3) is 0.538. The molecule has 1 aromatic carbocycles. The van der Waals surface area contributed by atoms with E-state index in [0.29, 0.717) is 13.1 Å². The van der Waals surface area contributed by atoms with Gasteiger partial charge in [0.05, 0.1) is 11.9 Å². The summed E-state index contributed by atoms with van der Waals surface area (Å²) in [4.78, 5) is 0. The maximum absolute atomic E-state index is 11.5. The summed E-state index contributed by atoms with van der Waals surface area (Å²) >= 11 is 0. The molecule has 2 N–H and O–H groups in total. The van der Waals surface area contributed by atoms with Crippen molar-refractivity contribution >= 4 is 15.7 Å². The number of anilines is 1. The quantitative estimate of drug-likeness (QED) is 0.868. The van der Waals surface area contributed by atoms with Crippen molar-refractivity contribution in [1.29, 1.82) is 0 Å². The van der Waals surface area contributed by atoms with Gasteiger partial charge in [0.15, 0.2) is 0 Å². The number of ether oxygens (including phenoxy) is 1. The van der Waals surface area contributed by atoms with E-state index in [0.717, 1.165) is 36.4 Å². The lowest BCUT2D eigenvalue weighted by Crippen LogP contribution is -2.41. The Morgan fingerprint density at radius 2 is 2.05 bits per heavy atom. The van der Waals surface area contributed by atoms with Crippen molar-refractivity contribution in [2.75, 3.05) is 24.8 Å². The average Bonchev–Trinajstić information content (AvgIpc) is 2.88. The summed E-state index contributed by atoms with van der Waals surface area (Å²) in [5.74, 6) is 0.887. The van der Waals surface area contributed by atoms with Gasteiger partial charge in [0.25, 0.3) is 0 Å². The van der Waals surface area contributed by atoms with Gasteiger partial charge in [-0.3, -0.25) is 0 Å². The molecule has 2 aliphatic heterocycles. The van der Waals surface area contributed by atoms with E-state index < -0.39 is 10.0 Å². The molecule has 0 saturated carbocycles. The molecule has 0 aromatic heterocycles. The van der Waals surface area contributed by atoms with Crippen LogP contribution in [0.2, 0.25) is 0 Å². The normalized spacial score (nSPS) is 20.4. The van der Waals surface area contributed by atoms with Gasteiger partial charge in [-0.2, -0.15) is 0 Å². The van der Waals surface area contributed by atoms with Crippen molar-refractivity contribution in [1.82, 2.24) is 9.73 Å². The van der Waals surface area contributed by atoms with Crippen LogP contribution in [0.5, 0.6) is 5.75 Å². The van der Waals surface area contributed by atoms with Gasteiger partial charge in [-0.05, 0) is 25.0 Å². The number of hydrazine groups is 1. The van der Waals surface area contributed by atoms with E-state index in [-0.39, 0.29) is 6.10 Å². The van der Waals surface area contributed by atoms with Crippen LogP contribution in [0.15, 0.2) is 18.2 Å². The number of nitrogens with one attached hydrogen (secondary N) is 2. The Bertz CT molecular complexity index is 595. The first-order valence-corrected chi connectivity index (χ1v) is 8.61. The highest BCUT2D eigenvalue weighted by Crippen LogP contribution is 2.31. The molecule has 20 heavy (non-hydrogen) atoms. The molecule has 1 aromatic rings. The van der Waals surface area contributed by atoms with Crippen molar-refractivity contribution in [2.24, 2.45) is 0 Å². The molecule has 6 nitrogen and oxygen atoms in total. The van der Waals surface area contributed by atoms with Crippen molar-refractivity contribution in [3.8, 4) is 5.75 Å². The van der Waals surface area contributed by atoms with Crippen molar-refractivity contribution in [2.45, 2.75) is 25.5 Å². The first kappa shape index (κ1) is 13.7. The molecule has 1 fully saturated rings. The van der Waals surface area contributed by atoms with Crippen LogP contribution in [0.4, 0.5) is 5.69 Å². The Labute approximate surface area is 119 Å². The van der Waals surface area contributed by atoms with Gasteiger partial charge in [0.1, 0.15) is 11.9 Å². The van der Waals surface area contributed by atoms with Gasteiger partial charge >= 0.3 is 0 Å². The second kappa shape index (κ2) is 5.23. The summed E-state index contributed by atoms with van der Waals surface area (Å²) in [5, 5.41) is 0. The maximum atomic E-state index is 11.5. The molecule has 3 rings (SSSR count). The number of rotatable bonds is 3. The zero-order valence-electron chi connectivity index (χ0n) is 11.4. The van der Waals surface area contributed by atoms with Crippen LogP contribution in [-0.4, -0.2) is 38.2 Å². The van der Waals surface area contributed by atoms with E-state index in [4.69, 9.17) is 4.74 Å². The first-order valence-electron chi connectivity index (χ1n) is 6.76. The molecular weight excluding hydrogens is 278 g/mol. The van der Waals surface area contributed by atoms with Crippen LogP contribution in [-0.2, 0) is 16.6 Å². The standard InChI is InChI=1S/C13H19N3O3S/c1-20(17,18)16-7-5-10(6-8-16)19-13-4-2-3-12-11(13)9-14-15-12/h2-4,10,14-15H,5-9H2,1H3. The third-order valence-corrected chi connectivity index (χ3v) is 5.09. The summed E-state index contributed by atoms with van der Waals surface area (Å²) in [5.41, 5.74) is 8.35.